The second-order valence-corrected chi connectivity index (χ2v) is 3.46. The molecule has 0 aliphatic carbocycles. The van der Waals surface area contributed by atoms with Gasteiger partial charge in [0, 0.05) is 19.3 Å². The number of hydrogen-bond acceptors (Lipinski definition) is 4. The number of hydrogen-bond donors (Lipinski definition) is 1. The summed E-state index contributed by atoms with van der Waals surface area (Å²) in [6.07, 6.45) is 5.57. The summed E-state index contributed by atoms with van der Waals surface area (Å²) in [5, 5.41) is 11.0. The van der Waals surface area contributed by atoms with E-state index in [4.69, 9.17) is 4.74 Å². The van der Waals surface area contributed by atoms with E-state index in [0.717, 1.165) is 25.4 Å². The van der Waals surface area contributed by atoms with Gasteiger partial charge in [-0.3, -0.25) is 0 Å². The summed E-state index contributed by atoms with van der Waals surface area (Å²) in [5.74, 6) is 0.838. The van der Waals surface area contributed by atoms with E-state index in [1.165, 1.54) is 12.8 Å². The average molecular weight is 193 g/mol. The van der Waals surface area contributed by atoms with Gasteiger partial charge in [-0.1, -0.05) is 0 Å². The third-order valence-electron chi connectivity index (χ3n) is 2.37. The molecule has 2 heterocycles. The molecule has 76 valence electrons. The lowest BCUT2D eigenvalue weighted by Crippen LogP contribution is -2.13. The van der Waals surface area contributed by atoms with Gasteiger partial charge in [0.25, 0.3) is 0 Å². The molecule has 4 nitrogen and oxygen atoms in total. The highest BCUT2D eigenvalue weighted by Gasteiger charge is 2.14. The minimum atomic E-state index is 0.444. The largest absolute Gasteiger partial charge is 0.378 e. The van der Waals surface area contributed by atoms with Gasteiger partial charge in [0.1, 0.15) is 5.82 Å². The molecule has 0 radical (unpaired) electrons. The second-order valence-electron chi connectivity index (χ2n) is 3.46. The fourth-order valence-electron chi connectivity index (χ4n) is 1.63. The zero-order valence-corrected chi connectivity index (χ0v) is 8.15. The molecule has 1 N–H and O–H groups in total. The van der Waals surface area contributed by atoms with Gasteiger partial charge in [-0.05, 0) is 31.4 Å². The summed E-state index contributed by atoms with van der Waals surface area (Å²) in [6.45, 7) is 1.83. The van der Waals surface area contributed by atoms with E-state index < -0.39 is 0 Å². The van der Waals surface area contributed by atoms with Crippen LogP contribution >= 0.6 is 0 Å². The first-order chi connectivity index (χ1) is 6.95. The predicted octanol–water partition coefficient (Wildman–Crippen LogP) is 1.46. The molecular formula is C10H15N3O. The van der Waals surface area contributed by atoms with E-state index in [0.29, 0.717) is 6.10 Å². The van der Waals surface area contributed by atoms with Gasteiger partial charge in [0.2, 0.25) is 0 Å². The number of nitrogens with zero attached hydrogens (tertiary/aromatic N) is 2. The van der Waals surface area contributed by atoms with Crippen molar-refractivity contribution in [3.63, 3.8) is 0 Å². The smallest absolute Gasteiger partial charge is 0.148 e. The number of aromatic nitrogens is 2. The highest BCUT2D eigenvalue weighted by atomic mass is 16.5. The van der Waals surface area contributed by atoms with E-state index >= 15 is 0 Å². The highest BCUT2D eigenvalue weighted by molar-refractivity contribution is 5.31. The molecule has 0 saturated carbocycles. The van der Waals surface area contributed by atoms with Crippen molar-refractivity contribution in [1.29, 1.82) is 0 Å². The molecule has 1 atom stereocenters. The zero-order valence-electron chi connectivity index (χ0n) is 8.15. The lowest BCUT2D eigenvalue weighted by Gasteiger charge is -2.09. The van der Waals surface area contributed by atoms with Gasteiger partial charge < -0.3 is 10.1 Å². The molecule has 0 spiro atoms. The van der Waals surface area contributed by atoms with Crippen molar-refractivity contribution in [2.75, 3.05) is 18.5 Å². The van der Waals surface area contributed by atoms with Crippen LogP contribution in [-0.2, 0) is 4.74 Å². The molecule has 0 amide bonds. The van der Waals surface area contributed by atoms with Crippen molar-refractivity contribution in [1.82, 2.24) is 10.2 Å². The molecule has 1 fully saturated rings. The number of ether oxygens (including phenoxy) is 1. The van der Waals surface area contributed by atoms with Crippen LogP contribution in [0.4, 0.5) is 5.82 Å². The molecule has 1 aliphatic rings. The molecule has 1 aromatic rings. The molecule has 1 unspecified atom stereocenters. The maximum absolute atomic E-state index is 5.51. The van der Waals surface area contributed by atoms with Crippen LogP contribution in [0.3, 0.4) is 0 Å². The van der Waals surface area contributed by atoms with Gasteiger partial charge in [-0.15, -0.1) is 5.10 Å². The Labute approximate surface area is 83.7 Å². The van der Waals surface area contributed by atoms with Crippen molar-refractivity contribution in [3.8, 4) is 0 Å². The minimum absolute atomic E-state index is 0.444. The van der Waals surface area contributed by atoms with Crippen LogP contribution in [0.1, 0.15) is 19.3 Å². The lowest BCUT2D eigenvalue weighted by atomic mass is 10.2. The van der Waals surface area contributed by atoms with Gasteiger partial charge in [0.05, 0.1) is 6.10 Å². The Kier molecular flexibility index (Phi) is 3.29. The molecule has 1 aromatic heterocycles. The molecule has 0 aromatic carbocycles. The van der Waals surface area contributed by atoms with E-state index in [1.54, 1.807) is 6.20 Å². The fraction of sp³-hybridized carbons (Fsp3) is 0.600. The summed E-state index contributed by atoms with van der Waals surface area (Å²) >= 11 is 0. The molecule has 1 aliphatic heterocycles. The number of nitrogens with one attached hydrogen (secondary N) is 1. The summed E-state index contributed by atoms with van der Waals surface area (Å²) < 4.78 is 5.51. The third-order valence-corrected chi connectivity index (χ3v) is 2.37. The van der Waals surface area contributed by atoms with Gasteiger partial charge in [-0.25, -0.2) is 0 Å². The Morgan fingerprint density at radius 2 is 2.57 bits per heavy atom. The monoisotopic (exact) mass is 193 g/mol. The molecule has 1 saturated heterocycles. The van der Waals surface area contributed by atoms with Crippen molar-refractivity contribution >= 4 is 5.82 Å². The molecule has 2 rings (SSSR count). The Balaban J connectivity index is 1.67. The quantitative estimate of drug-likeness (QED) is 0.786. The van der Waals surface area contributed by atoms with Crippen LogP contribution in [0.25, 0.3) is 0 Å². The highest BCUT2D eigenvalue weighted by Crippen LogP contribution is 2.14. The molecule has 14 heavy (non-hydrogen) atoms. The van der Waals surface area contributed by atoms with Crippen LogP contribution in [0, 0.1) is 0 Å². The third kappa shape index (κ3) is 2.67. The van der Waals surface area contributed by atoms with E-state index in [9.17, 15) is 0 Å². The Morgan fingerprint density at radius 3 is 3.29 bits per heavy atom. The Morgan fingerprint density at radius 1 is 1.57 bits per heavy atom. The Hall–Kier alpha value is -1.16. The maximum Gasteiger partial charge on any atom is 0.148 e. The maximum atomic E-state index is 5.51. The molecular weight excluding hydrogens is 178 g/mol. The van der Waals surface area contributed by atoms with Crippen LogP contribution in [0.15, 0.2) is 18.3 Å². The van der Waals surface area contributed by atoms with Crippen molar-refractivity contribution in [2.45, 2.75) is 25.4 Å². The summed E-state index contributed by atoms with van der Waals surface area (Å²) in [7, 11) is 0. The van der Waals surface area contributed by atoms with Gasteiger partial charge in [0.15, 0.2) is 0 Å². The van der Waals surface area contributed by atoms with Crippen LogP contribution in [-0.4, -0.2) is 29.5 Å². The van der Waals surface area contributed by atoms with Gasteiger partial charge in [-0.2, -0.15) is 5.10 Å². The first-order valence-corrected chi connectivity index (χ1v) is 5.08. The van der Waals surface area contributed by atoms with E-state index in [1.807, 2.05) is 12.1 Å². The standard InChI is InChI=1S/C10H15N3O/c1-4-10(13-12-6-1)11-7-5-9-3-2-8-14-9/h1,4,6,9H,2-3,5,7-8H2,(H,11,13). The van der Waals surface area contributed by atoms with Gasteiger partial charge >= 0.3 is 0 Å². The lowest BCUT2D eigenvalue weighted by molar-refractivity contribution is 0.107. The SMILES string of the molecule is c1cnnc(NCCC2CCCO2)c1. The second kappa shape index (κ2) is 4.91. The molecule has 0 bridgehead atoms. The van der Waals surface area contributed by atoms with Crippen LogP contribution < -0.4 is 5.32 Å². The zero-order chi connectivity index (χ0) is 9.64. The van der Waals surface area contributed by atoms with Crippen molar-refractivity contribution in [3.05, 3.63) is 18.3 Å². The summed E-state index contributed by atoms with van der Waals surface area (Å²) in [6, 6.07) is 3.80. The van der Waals surface area contributed by atoms with Crippen molar-refractivity contribution < 1.29 is 4.74 Å². The molecule has 4 heteroatoms. The number of rotatable bonds is 4. The number of anilines is 1. The first kappa shape index (κ1) is 9.40. The predicted molar refractivity (Wildman–Crippen MR) is 54.1 cm³/mol. The first-order valence-electron chi connectivity index (χ1n) is 5.08. The van der Waals surface area contributed by atoms with E-state index in [2.05, 4.69) is 15.5 Å². The van der Waals surface area contributed by atoms with Crippen molar-refractivity contribution in [2.24, 2.45) is 0 Å². The summed E-state index contributed by atoms with van der Waals surface area (Å²) in [4.78, 5) is 0. The Bertz CT molecular complexity index is 259. The minimum Gasteiger partial charge on any atom is -0.378 e. The van der Waals surface area contributed by atoms with Crippen LogP contribution in [0.5, 0.6) is 0 Å². The normalized spacial score (nSPS) is 21.0. The fourth-order valence-corrected chi connectivity index (χ4v) is 1.63. The topological polar surface area (TPSA) is 47.0 Å². The average Bonchev–Trinajstić information content (AvgIpc) is 2.72. The summed E-state index contributed by atoms with van der Waals surface area (Å²) in [5.41, 5.74) is 0. The van der Waals surface area contributed by atoms with Crippen LogP contribution in [0.2, 0.25) is 0 Å². The van der Waals surface area contributed by atoms with E-state index in [-0.39, 0.29) is 0 Å².